The van der Waals surface area contributed by atoms with Crippen molar-refractivity contribution in [2.45, 2.75) is 113 Å². The first-order valence-electron chi connectivity index (χ1n) is 13.3. The lowest BCUT2D eigenvalue weighted by atomic mass is 9.90. The SMILES string of the molecule is CC/C=C\C(CC)=C(/C)C(C)C/C=C1\CCN(C(=O)OC(C)(C)C)CC\C1=C(/F)CCC(C)C. The van der Waals surface area contributed by atoms with Crippen LogP contribution in [0.4, 0.5) is 9.18 Å². The van der Waals surface area contributed by atoms with Crippen molar-refractivity contribution >= 4 is 6.09 Å². The Balaban J connectivity index is 3.17. The standard InChI is InChI=1S/C30H50FNO2/c1-10-12-13-25(11-2)24(6)23(5)15-16-26-18-20-32(29(33)34-30(7,8)9)21-19-27(26)28(31)17-14-22(3)4/h12-13,16,22-23H,10-11,14-15,17-21H2,1-9H3/b13-12-,25-24+,26-16+,28-27+. The zero-order chi connectivity index (χ0) is 25.9. The molecule has 0 aromatic heterocycles. The lowest BCUT2D eigenvalue weighted by Gasteiger charge is -2.26. The largest absolute Gasteiger partial charge is 0.444 e. The number of nitrogens with zero attached hydrogens (tertiary/aromatic N) is 1. The van der Waals surface area contributed by atoms with Crippen molar-refractivity contribution in [1.82, 2.24) is 4.90 Å². The summed E-state index contributed by atoms with van der Waals surface area (Å²) in [6, 6.07) is 0. The van der Waals surface area contributed by atoms with Crippen molar-refractivity contribution < 1.29 is 13.9 Å². The van der Waals surface area contributed by atoms with Crippen LogP contribution in [0, 0.1) is 11.8 Å². The topological polar surface area (TPSA) is 29.5 Å². The van der Waals surface area contributed by atoms with E-state index < -0.39 is 5.60 Å². The molecule has 0 saturated carbocycles. The number of amides is 1. The Hall–Kier alpha value is -1.84. The van der Waals surface area contributed by atoms with E-state index in [1.807, 2.05) is 20.8 Å². The summed E-state index contributed by atoms with van der Waals surface area (Å²) in [5, 5.41) is 0. The van der Waals surface area contributed by atoms with Crippen molar-refractivity contribution in [2.24, 2.45) is 11.8 Å². The molecule has 1 heterocycles. The predicted octanol–water partition coefficient (Wildman–Crippen LogP) is 9.32. The highest BCUT2D eigenvalue weighted by atomic mass is 19.1. The summed E-state index contributed by atoms with van der Waals surface area (Å²) in [6.45, 7) is 19.8. The highest BCUT2D eigenvalue weighted by Gasteiger charge is 2.26. The molecule has 1 rings (SSSR count). The van der Waals surface area contributed by atoms with Gasteiger partial charge in [0.25, 0.3) is 0 Å². The van der Waals surface area contributed by atoms with Gasteiger partial charge in [-0.3, -0.25) is 0 Å². The fourth-order valence-corrected chi connectivity index (χ4v) is 4.14. The van der Waals surface area contributed by atoms with Crippen molar-refractivity contribution in [3.05, 3.63) is 46.3 Å². The van der Waals surface area contributed by atoms with Crippen LogP contribution in [0.3, 0.4) is 0 Å². The molecule has 1 fully saturated rings. The highest BCUT2D eigenvalue weighted by Crippen LogP contribution is 2.32. The Morgan fingerprint density at radius 2 is 1.79 bits per heavy atom. The summed E-state index contributed by atoms with van der Waals surface area (Å²) in [7, 11) is 0. The minimum absolute atomic E-state index is 0.00830. The zero-order valence-corrected chi connectivity index (χ0v) is 23.4. The van der Waals surface area contributed by atoms with Gasteiger partial charge in [-0.2, -0.15) is 0 Å². The lowest BCUT2D eigenvalue weighted by molar-refractivity contribution is 0.0260. The van der Waals surface area contributed by atoms with E-state index in [1.54, 1.807) is 4.90 Å². The molecule has 3 nitrogen and oxygen atoms in total. The summed E-state index contributed by atoms with van der Waals surface area (Å²) in [5.74, 6) is 0.833. The molecule has 1 aliphatic rings. The third kappa shape index (κ3) is 10.6. The second-order valence-corrected chi connectivity index (χ2v) is 11.0. The van der Waals surface area contributed by atoms with Gasteiger partial charge in [0.1, 0.15) is 11.4 Å². The molecule has 4 heteroatoms. The third-order valence-electron chi connectivity index (χ3n) is 6.49. The number of allylic oxidation sites excluding steroid dienone is 6. The van der Waals surface area contributed by atoms with Crippen molar-refractivity contribution in [3.8, 4) is 0 Å². The molecule has 0 aliphatic carbocycles. The molecule has 0 N–H and O–H groups in total. The molecule has 0 aromatic rings. The summed E-state index contributed by atoms with van der Waals surface area (Å²) in [6.07, 6.45) is 11.8. The zero-order valence-electron chi connectivity index (χ0n) is 23.4. The Bertz CT molecular complexity index is 780. The van der Waals surface area contributed by atoms with Crippen LogP contribution in [0.2, 0.25) is 0 Å². The van der Waals surface area contributed by atoms with E-state index in [0.29, 0.717) is 44.2 Å². The fraction of sp³-hybridized carbons (Fsp3) is 0.700. The predicted molar refractivity (Wildman–Crippen MR) is 144 cm³/mol. The van der Waals surface area contributed by atoms with Crippen molar-refractivity contribution in [1.29, 1.82) is 0 Å². The molecule has 0 spiro atoms. The van der Waals surface area contributed by atoms with Crippen LogP contribution in [-0.4, -0.2) is 29.7 Å². The number of ether oxygens (including phenoxy) is 1. The molecular formula is C30H50FNO2. The van der Waals surface area contributed by atoms with Gasteiger partial charge < -0.3 is 9.64 Å². The maximum atomic E-state index is 15.4. The van der Waals surface area contributed by atoms with E-state index in [0.717, 1.165) is 36.8 Å². The molecule has 1 amide bonds. The van der Waals surface area contributed by atoms with Crippen LogP contribution in [0.25, 0.3) is 0 Å². The van der Waals surface area contributed by atoms with E-state index in [4.69, 9.17) is 4.74 Å². The Morgan fingerprint density at radius 3 is 2.35 bits per heavy atom. The Morgan fingerprint density at radius 1 is 1.15 bits per heavy atom. The monoisotopic (exact) mass is 475 g/mol. The number of halogens is 1. The molecule has 34 heavy (non-hydrogen) atoms. The van der Waals surface area contributed by atoms with Gasteiger partial charge in [-0.05, 0) is 101 Å². The number of carbonyl (C=O) groups is 1. The number of likely N-dealkylation sites (tertiary alicyclic amines) is 1. The molecule has 0 aromatic carbocycles. The molecule has 1 unspecified atom stereocenters. The number of hydrogen-bond acceptors (Lipinski definition) is 2. The number of hydrogen-bond donors (Lipinski definition) is 0. The van der Waals surface area contributed by atoms with Gasteiger partial charge in [-0.15, -0.1) is 0 Å². The smallest absolute Gasteiger partial charge is 0.410 e. The maximum absolute atomic E-state index is 15.4. The lowest BCUT2D eigenvalue weighted by Crippen LogP contribution is -2.37. The first kappa shape index (κ1) is 30.2. The highest BCUT2D eigenvalue weighted by molar-refractivity contribution is 5.68. The molecular weight excluding hydrogens is 425 g/mol. The van der Waals surface area contributed by atoms with Crippen LogP contribution in [0.15, 0.2) is 46.3 Å². The first-order chi connectivity index (χ1) is 15.9. The van der Waals surface area contributed by atoms with Gasteiger partial charge in [0.15, 0.2) is 0 Å². The average molecular weight is 476 g/mol. The van der Waals surface area contributed by atoms with Crippen LogP contribution >= 0.6 is 0 Å². The van der Waals surface area contributed by atoms with E-state index in [1.165, 1.54) is 11.1 Å². The van der Waals surface area contributed by atoms with Gasteiger partial charge in [0.2, 0.25) is 0 Å². The minimum Gasteiger partial charge on any atom is -0.444 e. The van der Waals surface area contributed by atoms with Crippen LogP contribution in [0.5, 0.6) is 0 Å². The van der Waals surface area contributed by atoms with Gasteiger partial charge in [0, 0.05) is 13.1 Å². The molecule has 194 valence electrons. The van der Waals surface area contributed by atoms with E-state index >= 15 is 4.39 Å². The second-order valence-electron chi connectivity index (χ2n) is 11.0. The first-order valence-corrected chi connectivity index (χ1v) is 13.3. The molecule has 0 bridgehead atoms. The number of carbonyl (C=O) groups excluding carboxylic acids is 1. The van der Waals surface area contributed by atoms with E-state index in [9.17, 15) is 4.79 Å². The summed E-state index contributed by atoms with van der Waals surface area (Å²) < 4.78 is 21.0. The van der Waals surface area contributed by atoms with Crippen molar-refractivity contribution in [2.75, 3.05) is 13.1 Å². The summed E-state index contributed by atoms with van der Waals surface area (Å²) in [5.41, 5.74) is 4.13. The normalized spacial score (nSPS) is 20.0. The quantitative estimate of drug-likeness (QED) is 0.311. The molecule has 0 radical (unpaired) electrons. The van der Waals surface area contributed by atoms with Crippen molar-refractivity contribution in [3.63, 3.8) is 0 Å². The minimum atomic E-state index is -0.536. The van der Waals surface area contributed by atoms with Gasteiger partial charge in [-0.1, -0.05) is 58.4 Å². The van der Waals surface area contributed by atoms with Crippen LogP contribution in [-0.2, 0) is 4.74 Å². The fourth-order valence-electron chi connectivity index (χ4n) is 4.14. The van der Waals surface area contributed by atoms with Gasteiger partial charge >= 0.3 is 6.09 Å². The van der Waals surface area contributed by atoms with Gasteiger partial charge in [-0.25, -0.2) is 9.18 Å². The molecule has 1 saturated heterocycles. The van der Waals surface area contributed by atoms with Gasteiger partial charge in [0.05, 0.1) is 0 Å². The molecule has 1 atom stereocenters. The van der Waals surface area contributed by atoms with E-state index in [-0.39, 0.29) is 11.9 Å². The average Bonchev–Trinajstić information content (AvgIpc) is 2.97. The van der Waals surface area contributed by atoms with Crippen LogP contribution < -0.4 is 0 Å². The second kappa shape index (κ2) is 14.5. The summed E-state index contributed by atoms with van der Waals surface area (Å²) in [4.78, 5) is 14.4. The Kier molecular flexibility index (Phi) is 12.9. The maximum Gasteiger partial charge on any atom is 0.410 e. The summed E-state index contributed by atoms with van der Waals surface area (Å²) >= 11 is 0. The van der Waals surface area contributed by atoms with E-state index in [2.05, 4.69) is 59.8 Å². The molecule has 1 aliphatic heterocycles. The number of rotatable bonds is 9. The van der Waals surface area contributed by atoms with Crippen LogP contribution in [0.1, 0.15) is 107 Å². The Labute approximate surface area is 209 Å². The third-order valence-corrected chi connectivity index (χ3v) is 6.49.